The monoisotopic (exact) mass is 514 g/mol. The summed E-state index contributed by atoms with van der Waals surface area (Å²) in [6.07, 6.45) is 1.05. The molecule has 0 bridgehead atoms. The number of hydrogen-bond donors (Lipinski definition) is 1. The number of rotatable bonds is 3. The van der Waals surface area contributed by atoms with Crippen LogP contribution in [0.5, 0.6) is 0 Å². The molecule has 2 aliphatic heterocycles. The second-order valence-electron chi connectivity index (χ2n) is 9.67. The van der Waals surface area contributed by atoms with E-state index in [0.717, 1.165) is 17.8 Å². The zero-order chi connectivity index (χ0) is 26.2. The Kier molecular flexibility index (Phi) is 6.43. The Bertz CT molecular complexity index is 1300. The first-order valence-electron chi connectivity index (χ1n) is 12.1. The van der Waals surface area contributed by atoms with E-state index >= 15 is 0 Å². The van der Waals surface area contributed by atoms with Crippen LogP contribution in [0, 0.1) is 11.2 Å². The first-order valence-corrected chi connectivity index (χ1v) is 12.1. The van der Waals surface area contributed by atoms with Crippen LogP contribution in [-0.2, 0) is 6.18 Å². The maximum atomic E-state index is 14.3. The van der Waals surface area contributed by atoms with Gasteiger partial charge in [0.2, 0.25) is 0 Å². The Labute approximate surface area is 211 Å². The van der Waals surface area contributed by atoms with Gasteiger partial charge in [-0.3, -0.25) is 4.79 Å². The van der Waals surface area contributed by atoms with Crippen LogP contribution in [0.15, 0.2) is 67.0 Å². The highest BCUT2D eigenvalue weighted by Gasteiger charge is 2.43. The van der Waals surface area contributed by atoms with E-state index in [1.807, 2.05) is 58.3 Å². The maximum Gasteiger partial charge on any atom is 0.419 e. The van der Waals surface area contributed by atoms with Gasteiger partial charge >= 0.3 is 12.2 Å². The van der Waals surface area contributed by atoms with Gasteiger partial charge in [-0.05, 0) is 61.1 Å². The molecule has 1 aromatic heterocycles. The van der Waals surface area contributed by atoms with Crippen molar-refractivity contribution in [2.24, 2.45) is 5.41 Å². The molecule has 2 fully saturated rings. The third-order valence-corrected chi connectivity index (χ3v) is 7.40. The Balaban J connectivity index is 1.21. The molecule has 5 rings (SSSR count). The minimum absolute atomic E-state index is 0.0493. The van der Waals surface area contributed by atoms with Crippen molar-refractivity contribution in [2.75, 3.05) is 31.5 Å². The number of carbonyl (C=O) groups excluding carboxylic acids is 2. The van der Waals surface area contributed by atoms with Gasteiger partial charge in [0, 0.05) is 38.6 Å². The Morgan fingerprint density at radius 2 is 1.49 bits per heavy atom. The second kappa shape index (κ2) is 9.57. The summed E-state index contributed by atoms with van der Waals surface area (Å²) >= 11 is 0. The van der Waals surface area contributed by atoms with Gasteiger partial charge < -0.3 is 19.7 Å². The van der Waals surface area contributed by atoms with Crippen molar-refractivity contribution < 1.29 is 27.2 Å². The lowest BCUT2D eigenvalue weighted by atomic mass is 9.77. The summed E-state index contributed by atoms with van der Waals surface area (Å²) in [5.74, 6) is -1.55. The van der Waals surface area contributed by atoms with E-state index in [-0.39, 0.29) is 11.3 Å². The number of anilines is 1. The van der Waals surface area contributed by atoms with Crippen LogP contribution in [0.25, 0.3) is 5.69 Å². The van der Waals surface area contributed by atoms with Gasteiger partial charge in [0.25, 0.3) is 5.91 Å². The summed E-state index contributed by atoms with van der Waals surface area (Å²) in [6.45, 7) is 1.89. The van der Waals surface area contributed by atoms with Gasteiger partial charge in [0.05, 0.1) is 22.5 Å². The molecular formula is C27H26F4N4O2. The number of carbonyl (C=O) groups is 2. The molecule has 6 nitrogen and oxygen atoms in total. The highest BCUT2D eigenvalue weighted by Crippen LogP contribution is 2.41. The maximum absolute atomic E-state index is 14.3. The molecular weight excluding hydrogens is 488 g/mol. The molecule has 10 heteroatoms. The largest absolute Gasteiger partial charge is 0.419 e. The normalized spacial score (nSPS) is 17.3. The van der Waals surface area contributed by atoms with Crippen LogP contribution in [0.1, 0.15) is 35.2 Å². The molecule has 0 unspecified atom stereocenters. The lowest BCUT2D eigenvalue weighted by molar-refractivity contribution is -0.139. The first kappa shape index (κ1) is 24.9. The molecule has 37 heavy (non-hydrogen) atoms. The summed E-state index contributed by atoms with van der Waals surface area (Å²) in [5, 5.41) is 2.30. The Morgan fingerprint density at radius 1 is 0.838 bits per heavy atom. The molecule has 0 saturated carbocycles. The van der Waals surface area contributed by atoms with Gasteiger partial charge in [0.15, 0.2) is 5.82 Å². The molecule has 3 heterocycles. The number of alkyl halides is 3. The molecule has 3 amide bonds. The highest BCUT2D eigenvalue weighted by atomic mass is 19.4. The molecule has 0 atom stereocenters. The molecule has 1 N–H and O–H groups in total. The minimum atomic E-state index is -4.85. The van der Waals surface area contributed by atoms with E-state index in [2.05, 4.69) is 5.32 Å². The van der Waals surface area contributed by atoms with Crippen LogP contribution in [-0.4, -0.2) is 52.5 Å². The zero-order valence-corrected chi connectivity index (χ0v) is 20.0. The number of piperidine rings is 1. The van der Waals surface area contributed by atoms with E-state index in [1.54, 1.807) is 0 Å². The number of likely N-dealkylation sites (tertiary alicyclic amines) is 2. The number of halogens is 4. The molecule has 2 aromatic carbocycles. The summed E-state index contributed by atoms with van der Waals surface area (Å²) in [7, 11) is 0. The third-order valence-electron chi connectivity index (χ3n) is 7.40. The van der Waals surface area contributed by atoms with Gasteiger partial charge in [-0.2, -0.15) is 13.2 Å². The fraction of sp³-hybridized carbons (Fsp3) is 0.333. The van der Waals surface area contributed by atoms with E-state index in [9.17, 15) is 27.2 Å². The lowest BCUT2D eigenvalue weighted by Gasteiger charge is -2.39. The summed E-state index contributed by atoms with van der Waals surface area (Å²) in [6, 6.07) is 13.4. The molecule has 194 valence electrons. The first-order chi connectivity index (χ1) is 17.7. The summed E-state index contributed by atoms with van der Waals surface area (Å²) in [5.41, 5.74) is -0.671. The van der Waals surface area contributed by atoms with E-state index < -0.39 is 29.3 Å². The van der Waals surface area contributed by atoms with Crippen LogP contribution in [0.2, 0.25) is 0 Å². The Hall–Kier alpha value is -3.82. The van der Waals surface area contributed by atoms with E-state index in [4.69, 9.17) is 0 Å². The fourth-order valence-electron chi connectivity index (χ4n) is 5.29. The molecule has 0 radical (unpaired) electrons. The highest BCUT2D eigenvalue weighted by molar-refractivity contribution is 5.98. The third kappa shape index (κ3) is 4.92. The molecule has 2 aliphatic rings. The number of nitrogens with zero attached hydrogens (tertiary/aromatic N) is 3. The van der Waals surface area contributed by atoms with E-state index in [0.29, 0.717) is 57.1 Å². The number of benzene rings is 2. The molecule has 1 spiro atoms. The predicted octanol–water partition coefficient (Wildman–Crippen LogP) is 5.80. The van der Waals surface area contributed by atoms with Crippen LogP contribution < -0.4 is 5.32 Å². The number of urea groups is 1. The number of amides is 3. The lowest BCUT2D eigenvalue weighted by Crippen LogP contribution is -2.45. The quantitative estimate of drug-likeness (QED) is 0.450. The van der Waals surface area contributed by atoms with Crippen LogP contribution >= 0.6 is 0 Å². The number of para-hydroxylation sites is 1. The smallest absolute Gasteiger partial charge is 0.339 e. The predicted molar refractivity (Wildman–Crippen MR) is 130 cm³/mol. The number of nitrogens with one attached hydrogen (secondary N) is 1. The average Bonchev–Trinajstić information content (AvgIpc) is 3.56. The van der Waals surface area contributed by atoms with Crippen molar-refractivity contribution in [1.82, 2.24) is 14.4 Å². The van der Waals surface area contributed by atoms with Crippen molar-refractivity contribution in [2.45, 2.75) is 25.4 Å². The van der Waals surface area contributed by atoms with Crippen molar-refractivity contribution >= 4 is 17.6 Å². The fourth-order valence-corrected chi connectivity index (χ4v) is 5.29. The minimum Gasteiger partial charge on any atom is -0.339 e. The van der Waals surface area contributed by atoms with Crippen molar-refractivity contribution in [3.8, 4) is 5.69 Å². The van der Waals surface area contributed by atoms with Crippen molar-refractivity contribution in [1.29, 1.82) is 0 Å². The SMILES string of the molecule is O=C(Nc1cccc(C(F)(F)F)c1F)N1CCC2(CCN(C(=O)c3ccccc3-n3cccc3)CC2)C1. The zero-order valence-electron chi connectivity index (χ0n) is 20.0. The van der Waals surface area contributed by atoms with Crippen molar-refractivity contribution in [3.05, 3.63) is 83.9 Å². The second-order valence-corrected chi connectivity index (χ2v) is 9.67. The topological polar surface area (TPSA) is 57.6 Å². The van der Waals surface area contributed by atoms with Crippen molar-refractivity contribution in [3.63, 3.8) is 0 Å². The number of aromatic nitrogens is 1. The summed E-state index contributed by atoms with van der Waals surface area (Å²) in [4.78, 5) is 29.4. The van der Waals surface area contributed by atoms with Gasteiger partial charge in [-0.1, -0.05) is 18.2 Å². The average molecular weight is 515 g/mol. The standard InChI is InChI=1S/C27H26F4N4O2/c28-23-20(27(29,30)31)7-5-8-21(23)32-25(37)35-17-12-26(18-35)10-15-34(16-11-26)24(36)19-6-1-2-9-22(19)33-13-3-4-14-33/h1-9,13-14H,10-12,15-18H2,(H,32,37). The number of hydrogen-bond acceptors (Lipinski definition) is 2. The molecule has 2 saturated heterocycles. The van der Waals surface area contributed by atoms with Gasteiger partial charge in [0.1, 0.15) is 0 Å². The van der Waals surface area contributed by atoms with E-state index in [1.165, 1.54) is 4.90 Å². The Morgan fingerprint density at radius 3 is 2.16 bits per heavy atom. The van der Waals surface area contributed by atoms with Crippen LogP contribution in [0.4, 0.5) is 28.0 Å². The summed E-state index contributed by atoms with van der Waals surface area (Å²) < 4.78 is 55.3. The molecule has 0 aliphatic carbocycles. The van der Waals surface area contributed by atoms with Crippen LogP contribution in [0.3, 0.4) is 0 Å². The van der Waals surface area contributed by atoms with Gasteiger partial charge in [-0.15, -0.1) is 0 Å². The van der Waals surface area contributed by atoms with Gasteiger partial charge in [-0.25, -0.2) is 9.18 Å². The molecule has 3 aromatic rings.